The fraction of sp³-hybridized carbons (Fsp3) is 0.286. The van der Waals surface area contributed by atoms with Gasteiger partial charge in [-0.15, -0.1) is 22.4 Å². The van der Waals surface area contributed by atoms with Crippen LogP contribution in [0.15, 0.2) is 36.4 Å². The van der Waals surface area contributed by atoms with E-state index in [1.54, 1.807) is 0 Å². The van der Waals surface area contributed by atoms with Crippen molar-refractivity contribution in [3.8, 4) is 0 Å². The van der Waals surface area contributed by atoms with Gasteiger partial charge in [0.1, 0.15) is 0 Å². The molecule has 0 aromatic heterocycles. The number of hydrogen-bond donors (Lipinski definition) is 0. The number of fused-ring (bicyclic) bond motifs is 1. The van der Waals surface area contributed by atoms with Crippen molar-refractivity contribution in [1.82, 2.24) is 0 Å². The Hall–Kier alpha value is -0.0538. The molecular formula is C14H15BrMg. The van der Waals surface area contributed by atoms with Gasteiger partial charge in [-0.2, -0.15) is 18.2 Å². The first-order chi connectivity index (χ1) is 6.59. The summed E-state index contributed by atoms with van der Waals surface area (Å²) >= 11 is 0. The van der Waals surface area contributed by atoms with Gasteiger partial charge in [-0.05, 0) is 0 Å². The molecule has 0 radical (unpaired) electrons. The van der Waals surface area contributed by atoms with Crippen LogP contribution in [0.25, 0.3) is 10.8 Å². The van der Waals surface area contributed by atoms with Gasteiger partial charge in [0, 0.05) is 0 Å². The smallest absolute Gasteiger partial charge is 1.00 e. The number of benzene rings is 2. The van der Waals surface area contributed by atoms with E-state index in [-0.39, 0.29) is 45.4 Å². The molecule has 0 fully saturated rings. The van der Waals surface area contributed by atoms with Crippen molar-refractivity contribution < 1.29 is 17.0 Å². The second kappa shape index (κ2) is 6.04. The summed E-state index contributed by atoms with van der Waals surface area (Å²) in [5.74, 6) is 0. The van der Waals surface area contributed by atoms with E-state index in [0.717, 1.165) is 0 Å². The van der Waals surface area contributed by atoms with E-state index in [1.165, 1.54) is 16.3 Å². The summed E-state index contributed by atoms with van der Waals surface area (Å²) < 4.78 is 0. The molecule has 0 spiro atoms. The van der Waals surface area contributed by atoms with E-state index < -0.39 is 0 Å². The van der Waals surface area contributed by atoms with Crippen LogP contribution in [0.2, 0.25) is 0 Å². The molecule has 2 rings (SSSR count). The predicted octanol–water partition coefficient (Wildman–Crippen LogP) is 0.561. The fourth-order valence-electron chi connectivity index (χ4n) is 1.78. The minimum atomic E-state index is 0. The molecule has 16 heavy (non-hydrogen) atoms. The van der Waals surface area contributed by atoms with Gasteiger partial charge in [-0.25, -0.2) is 0 Å². The Labute approximate surface area is 124 Å². The third-order valence-electron chi connectivity index (χ3n) is 2.53. The molecule has 2 aromatic rings. The summed E-state index contributed by atoms with van der Waals surface area (Å²) in [6.07, 6.45) is 0. The zero-order valence-electron chi connectivity index (χ0n) is 10.0. The first kappa shape index (κ1) is 15.9. The van der Waals surface area contributed by atoms with Crippen LogP contribution < -0.4 is 17.0 Å². The number of rotatable bonds is 0. The molecule has 0 aliphatic rings. The van der Waals surface area contributed by atoms with E-state index in [2.05, 4.69) is 57.2 Å². The van der Waals surface area contributed by atoms with Crippen molar-refractivity contribution in [3.05, 3.63) is 48.0 Å². The van der Waals surface area contributed by atoms with Gasteiger partial charge < -0.3 is 17.0 Å². The average Bonchev–Trinajstić information content (AvgIpc) is 2.15. The van der Waals surface area contributed by atoms with Crippen LogP contribution in [0, 0.1) is 6.07 Å². The van der Waals surface area contributed by atoms with Crippen molar-refractivity contribution >= 4 is 33.8 Å². The van der Waals surface area contributed by atoms with Gasteiger partial charge in [0.25, 0.3) is 0 Å². The van der Waals surface area contributed by atoms with Gasteiger partial charge in [0.15, 0.2) is 0 Å². The normalized spacial score (nSPS) is 10.4. The van der Waals surface area contributed by atoms with Crippen molar-refractivity contribution in [2.75, 3.05) is 0 Å². The average molecular weight is 287 g/mol. The molecule has 0 aliphatic heterocycles. The Kier molecular flexibility index (Phi) is 6.02. The summed E-state index contributed by atoms with van der Waals surface area (Å²) in [4.78, 5) is 0. The Balaban J connectivity index is 0.00000112. The molecule has 2 heteroatoms. The molecule has 0 aliphatic carbocycles. The molecule has 2 aromatic carbocycles. The van der Waals surface area contributed by atoms with Crippen molar-refractivity contribution in [2.24, 2.45) is 0 Å². The molecule has 80 valence electrons. The van der Waals surface area contributed by atoms with Crippen LogP contribution in [0.4, 0.5) is 0 Å². The fourth-order valence-corrected chi connectivity index (χ4v) is 1.78. The van der Waals surface area contributed by atoms with Crippen LogP contribution in [0.5, 0.6) is 0 Å². The van der Waals surface area contributed by atoms with Crippen LogP contribution in [0.1, 0.15) is 26.3 Å². The van der Waals surface area contributed by atoms with Crippen molar-refractivity contribution in [1.29, 1.82) is 0 Å². The minimum Gasteiger partial charge on any atom is -1.00 e. The molecule has 0 saturated carbocycles. The maximum atomic E-state index is 3.21. The summed E-state index contributed by atoms with van der Waals surface area (Å²) in [6.45, 7) is 6.72. The maximum Gasteiger partial charge on any atom is 2.00 e. The molecule has 0 amide bonds. The zero-order valence-corrected chi connectivity index (χ0v) is 13.0. The first-order valence-corrected chi connectivity index (χ1v) is 4.98. The Morgan fingerprint density at radius 1 is 1.00 bits per heavy atom. The Bertz CT molecular complexity index is 452. The van der Waals surface area contributed by atoms with E-state index in [1.807, 2.05) is 6.07 Å². The molecule has 0 nitrogen and oxygen atoms in total. The predicted molar refractivity (Wildman–Crippen MR) is 67.2 cm³/mol. The van der Waals surface area contributed by atoms with Crippen molar-refractivity contribution in [3.63, 3.8) is 0 Å². The van der Waals surface area contributed by atoms with E-state index in [0.29, 0.717) is 0 Å². The molecule has 0 heterocycles. The van der Waals surface area contributed by atoms with Crippen LogP contribution >= 0.6 is 0 Å². The zero-order chi connectivity index (χ0) is 10.2. The van der Waals surface area contributed by atoms with E-state index in [9.17, 15) is 0 Å². The third-order valence-corrected chi connectivity index (χ3v) is 2.53. The Morgan fingerprint density at radius 2 is 1.62 bits per heavy atom. The SMILES string of the molecule is CC(C)(C)c1c[c-]cc2ccccc12.[Br-].[Mg+2]. The van der Waals surface area contributed by atoms with E-state index >= 15 is 0 Å². The summed E-state index contributed by atoms with van der Waals surface area (Å²) in [5.41, 5.74) is 1.56. The van der Waals surface area contributed by atoms with Crippen LogP contribution in [-0.4, -0.2) is 23.1 Å². The molecular weight excluding hydrogens is 272 g/mol. The van der Waals surface area contributed by atoms with Gasteiger partial charge in [-0.3, -0.25) is 0 Å². The summed E-state index contributed by atoms with van der Waals surface area (Å²) in [6, 6.07) is 15.8. The largest absolute Gasteiger partial charge is 2.00 e. The van der Waals surface area contributed by atoms with Gasteiger partial charge in [0.2, 0.25) is 0 Å². The summed E-state index contributed by atoms with van der Waals surface area (Å²) in [5, 5.41) is 2.62. The molecule has 0 bridgehead atoms. The molecule has 0 atom stereocenters. The quantitative estimate of drug-likeness (QED) is 0.491. The second-order valence-electron chi connectivity index (χ2n) is 4.71. The first-order valence-electron chi connectivity index (χ1n) is 4.98. The standard InChI is InChI=1S/C14H15.BrH.Mg/c1-14(2,3)13-10-6-8-11-7-4-5-9-12(11)13;;/h4-5,7-10H,1-3H3;1H;/q-1;;+2/p-1. The van der Waals surface area contributed by atoms with Gasteiger partial charge in [0.05, 0.1) is 0 Å². The molecule has 0 unspecified atom stereocenters. The molecule has 0 saturated heterocycles. The topological polar surface area (TPSA) is 0 Å². The maximum absolute atomic E-state index is 3.21. The number of hydrogen-bond acceptors (Lipinski definition) is 0. The second-order valence-corrected chi connectivity index (χ2v) is 4.71. The van der Waals surface area contributed by atoms with Gasteiger partial charge in [-0.1, -0.05) is 44.4 Å². The van der Waals surface area contributed by atoms with Crippen LogP contribution in [-0.2, 0) is 5.41 Å². The van der Waals surface area contributed by atoms with Crippen molar-refractivity contribution in [2.45, 2.75) is 26.2 Å². The Morgan fingerprint density at radius 3 is 2.25 bits per heavy atom. The number of halogens is 1. The monoisotopic (exact) mass is 286 g/mol. The third kappa shape index (κ3) is 3.22. The van der Waals surface area contributed by atoms with Gasteiger partial charge >= 0.3 is 23.1 Å². The van der Waals surface area contributed by atoms with Crippen LogP contribution in [0.3, 0.4) is 0 Å². The minimum absolute atomic E-state index is 0. The van der Waals surface area contributed by atoms with E-state index in [4.69, 9.17) is 0 Å². The summed E-state index contributed by atoms with van der Waals surface area (Å²) in [7, 11) is 0. The molecule has 0 N–H and O–H groups in total.